The van der Waals surface area contributed by atoms with Gasteiger partial charge in [-0.15, -0.1) is 0 Å². The van der Waals surface area contributed by atoms with Gasteiger partial charge in [-0.2, -0.15) is 4.37 Å². The van der Waals surface area contributed by atoms with Crippen molar-refractivity contribution >= 4 is 34.7 Å². The summed E-state index contributed by atoms with van der Waals surface area (Å²) in [5, 5.41) is 2.03. The van der Waals surface area contributed by atoms with Gasteiger partial charge in [-0.05, 0) is 29.7 Å². The number of benzene rings is 1. The van der Waals surface area contributed by atoms with Crippen LogP contribution < -0.4 is 0 Å². The molecule has 13 heavy (non-hydrogen) atoms. The minimum absolute atomic E-state index is 0.601. The van der Waals surface area contributed by atoms with Crippen LogP contribution in [0.25, 0.3) is 10.6 Å². The van der Waals surface area contributed by atoms with Gasteiger partial charge >= 0.3 is 0 Å². The number of nitrogens with zero attached hydrogens (tertiary/aromatic N) is 2. The first-order valence-corrected chi connectivity index (χ1v) is 5.02. The molecule has 5 heteroatoms. The topological polar surface area (TPSA) is 25.8 Å². The van der Waals surface area contributed by atoms with Crippen molar-refractivity contribution in [3.8, 4) is 10.6 Å². The zero-order valence-corrected chi connectivity index (χ0v) is 8.70. The summed E-state index contributed by atoms with van der Waals surface area (Å²) in [7, 11) is 0. The lowest BCUT2D eigenvalue weighted by molar-refractivity contribution is 1.33. The number of rotatable bonds is 1. The molecule has 2 aromatic rings. The lowest BCUT2D eigenvalue weighted by Crippen LogP contribution is -1.77. The molecule has 1 aromatic heterocycles. The van der Waals surface area contributed by atoms with E-state index in [1.54, 1.807) is 12.1 Å². The molecule has 0 bridgehead atoms. The third kappa shape index (κ3) is 1.82. The summed E-state index contributed by atoms with van der Waals surface area (Å²) in [4.78, 5) is 4.06. The molecule has 0 atom stereocenters. The third-order valence-corrected chi connectivity index (χ3v) is 2.77. The highest BCUT2D eigenvalue weighted by atomic mass is 35.5. The van der Waals surface area contributed by atoms with Crippen LogP contribution in [0.15, 0.2) is 24.5 Å². The quantitative estimate of drug-likeness (QED) is 0.750. The van der Waals surface area contributed by atoms with Crippen LogP contribution in [-0.4, -0.2) is 9.36 Å². The van der Waals surface area contributed by atoms with Crippen molar-refractivity contribution in [2.24, 2.45) is 0 Å². The Labute approximate surface area is 89.3 Å². The molecule has 1 heterocycles. The second-order valence-corrected chi connectivity index (χ2v) is 3.99. The first kappa shape index (κ1) is 8.94. The second kappa shape index (κ2) is 3.62. The fraction of sp³-hybridized carbons (Fsp3) is 0. The highest BCUT2D eigenvalue weighted by molar-refractivity contribution is 7.09. The molecule has 0 radical (unpaired) electrons. The van der Waals surface area contributed by atoms with Crippen molar-refractivity contribution in [3.05, 3.63) is 34.6 Å². The Kier molecular flexibility index (Phi) is 2.49. The largest absolute Gasteiger partial charge is 0.223 e. The Morgan fingerprint density at radius 2 is 2.08 bits per heavy atom. The molecule has 0 spiro atoms. The lowest BCUT2D eigenvalue weighted by atomic mass is 10.2. The molecule has 66 valence electrons. The van der Waals surface area contributed by atoms with Crippen LogP contribution in [-0.2, 0) is 0 Å². The predicted octanol–water partition coefficient (Wildman–Crippen LogP) is 3.51. The molecule has 0 fully saturated rings. The molecule has 1 aromatic carbocycles. The van der Waals surface area contributed by atoms with Crippen LogP contribution in [0.4, 0.5) is 0 Å². The van der Waals surface area contributed by atoms with Crippen LogP contribution in [0.5, 0.6) is 0 Å². The highest BCUT2D eigenvalue weighted by Crippen LogP contribution is 2.30. The molecular weight excluding hydrogens is 227 g/mol. The van der Waals surface area contributed by atoms with E-state index in [4.69, 9.17) is 23.2 Å². The maximum atomic E-state index is 5.98. The first-order chi connectivity index (χ1) is 6.27. The maximum Gasteiger partial charge on any atom is 0.145 e. The Hall–Kier alpha value is -0.640. The van der Waals surface area contributed by atoms with Gasteiger partial charge in [-0.1, -0.05) is 23.2 Å². The minimum Gasteiger partial charge on any atom is -0.223 e. The lowest BCUT2D eigenvalue weighted by Gasteiger charge is -1.98. The van der Waals surface area contributed by atoms with Crippen LogP contribution in [0, 0.1) is 0 Å². The highest BCUT2D eigenvalue weighted by Gasteiger charge is 2.06. The van der Waals surface area contributed by atoms with Crippen molar-refractivity contribution in [1.82, 2.24) is 9.36 Å². The SMILES string of the molecule is Clc1ccc(-c2ncns2)c(Cl)c1. The average Bonchev–Trinajstić information content (AvgIpc) is 2.56. The van der Waals surface area contributed by atoms with Crippen molar-refractivity contribution in [1.29, 1.82) is 0 Å². The Bertz CT molecular complexity index is 414. The molecule has 0 saturated carbocycles. The van der Waals surface area contributed by atoms with Gasteiger partial charge in [-0.25, -0.2) is 4.98 Å². The fourth-order valence-corrected chi connectivity index (χ4v) is 2.07. The summed E-state index contributed by atoms with van der Waals surface area (Å²) in [6, 6.07) is 5.31. The fourth-order valence-electron chi connectivity index (χ4n) is 0.955. The molecule has 0 amide bonds. The van der Waals surface area contributed by atoms with Gasteiger partial charge in [0.15, 0.2) is 0 Å². The van der Waals surface area contributed by atoms with Gasteiger partial charge < -0.3 is 0 Å². The van der Waals surface area contributed by atoms with Gasteiger partial charge in [0.1, 0.15) is 11.3 Å². The van der Waals surface area contributed by atoms with E-state index < -0.39 is 0 Å². The second-order valence-electron chi connectivity index (χ2n) is 2.37. The number of aromatic nitrogens is 2. The molecule has 0 unspecified atom stereocenters. The molecule has 0 N–H and O–H groups in total. The van der Waals surface area contributed by atoms with E-state index in [1.807, 2.05) is 6.07 Å². The van der Waals surface area contributed by atoms with Crippen LogP contribution in [0.3, 0.4) is 0 Å². The molecular formula is C8H4Cl2N2S. The summed E-state index contributed by atoms with van der Waals surface area (Å²) >= 11 is 13.0. The first-order valence-electron chi connectivity index (χ1n) is 3.49. The molecule has 0 aliphatic rings. The van der Waals surface area contributed by atoms with Gasteiger partial charge in [0.25, 0.3) is 0 Å². The monoisotopic (exact) mass is 230 g/mol. The summed E-state index contributed by atoms with van der Waals surface area (Å²) in [6.07, 6.45) is 1.50. The van der Waals surface area contributed by atoms with E-state index in [2.05, 4.69) is 9.36 Å². The smallest absolute Gasteiger partial charge is 0.145 e. The van der Waals surface area contributed by atoms with Crippen molar-refractivity contribution in [2.75, 3.05) is 0 Å². The summed E-state index contributed by atoms with van der Waals surface area (Å²) in [6.45, 7) is 0. The number of halogens is 2. The van der Waals surface area contributed by atoms with E-state index in [0.717, 1.165) is 10.6 Å². The zero-order chi connectivity index (χ0) is 9.26. The Balaban J connectivity index is 2.53. The normalized spacial score (nSPS) is 10.3. The number of hydrogen-bond donors (Lipinski definition) is 0. The van der Waals surface area contributed by atoms with E-state index >= 15 is 0 Å². The van der Waals surface area contributed by atoms with Crippen molar-refractivity contribution in [3.63, 3.8) is 0 Å². The zero-order valence-electron chi connectivity index (χ0n) is 6.37. The summed E-state index contributed by atoms with van der Waals surface area (Å²) in [5.41, 5.74) is 0.869. The van der Waals surface area contributed by atoms with E-state index in [-0.39, 0.29) is 0 Å². The molecule has 0 aliphatic heterocycles. The predicted molar refractivity (Wildman–Crippen MR) is 55.4 cm³/mol. The maximum absolute atomic E-state index is 5.98. The number of hydrogen-bond acceptors (Lipinski definition) is 3. The van der Waals surface area contributed by atoms with E-state index in [1.165, 1.54) is 17.9 Å². The van der Waals surface area contributed by atoms with Gasteiger partial charge in [0, 0.05) is 10.6 Å². The van der Waals surface area contributed by atoms with Crippen LogP contribution in [0.2, 0.25) is 10.0 Å². The van der Waals surface area contributed by atoms with Gasteiger partial charge in [0.2, 0.25) is 0 Å². The molecule has 2 nitrogen and oxygen atoms in total. The van der Waals surface area contributed by atoms with Crippen molar-refractivity contribution in [2.45, 2.75) is 0 Å². The van der Waals surface area contributed by atoms with Crippen LogP contribution in [0.1, 0.15) is 0 Å². The molecule has 2 rings (SSSR count). The molecule has 0 saturated heterocycles. The third-order valence-electron chi connectivity index (χ3n) is 1.52. The minimum atomic E-state index is 0.601. The van der Waals surface area contributed by atoms with E-state index in [9.17, 15) is 0 Å². The Morgan fingerprint density at radius 1 is 1.23 bits per heavy atom. The summed E-state index contributed by atoms with van der Waals surface area (Å²) < 4.78 is 3.90. The standard InChI is InChI=1S/C8H4Cl2N2S/c9-5-1-2-6(7(10)3-5)8-11-4-12-13-8/h1-4H. The van der Waals surface area contributed by atoms with Crippen molar-refractivity contribution < 1.29 is 0 Å². The Morgan fingerprint density at radius 3 is 2.69 bits per heavy atom. The van der Waals surface area contributed by atoms with E-state index in [0.29, 0.717) is 10.0 Å². The summed E-state index contributed by atoms with van der Waals surface area (Å²) in [5.74, 6) is 0. The van der Waals surface area contributed by atoms with Gasteiger partial charge in [0.05, 0.1) is 5.02 Å². The average molecular weight is 231 g/mol. The molecule has 0 aliphatic carbocycles. The van der Waals surface area contributed by atoms with Crippen LogP contribution >= 0.6 is 34.7 Å². The van der Waals surface area contributed by atoms with Gasteiger partial charge in [-0.3, -0.25) is 0 Å².